The number of aliphatic imine (C=N–C) groups is 1. The Morgan fingerprint density at radius 1 is 1.23 bits per heavy atom. The van der Waals surface area contributed by atoms with E-state index < -0.39 is 17.9 Å². The van der Waals surface area contributed by atoms with E-state index in [2.05, 4.69) is 4.99 Å². The molecular weight excluding hydrogens is 344 g/mol. The highest BCUT2D eigenvalue weighted by Gasteiger charge is 2.23. The number of aliphatic hydroxyl groups is 1. The second-order valence-corrected chi connectivity index (χ2v) is 5.58. The predicted molar refractivity (Wildman–Crippen MR) is 92.7 cm³/mol. The number of nitrogens with zero attached hydrogens (tertiary/aromatic N) is 1. The lowest BCUT2D eigenvalue weighted by Crippen LogP contribution is -2.23. The molecule has 26 heavy (non-hydrogen) atoms. The Morgan fingerprint density at radius 3 is 2.54 bits per heavy atom. The molecular formula is C18H17F2N3O3. The number of ether oxygens (including phenoxy) is 2. The second-order valence-electron chi connectivity index (χ2n) is 5.58. The second kappa shape index (κ2) is 7.01. The van der Waals surface area contributed by atoms with E-state index in [0.717, 1.165) is 12.1 Å². The van der Waals surface area contributed by atoms with Crippen LogP contribution in [0.1, 0.15) is 22.9 Å². The maximum atomic E-state index is 14.5. The lowest BCUT2D eigenvalue weighted by Gasteiger charge is -2.21. The van der Waals surface area contributed by atoms with Crippen molar-refractivity contribution in [2.45, 2.75) is 6.23 Å². The highest BCUT2D eigenvalue weighted by Crippen LogP contribution is 2.38. The predicted octanol–water partition coefficient (Wildman–Crippen LogP) is 2.06. The summed E-state index contributed by atoms with van der Waals surface area (Å²) in [6.07, 6.45) is 0.256. The van der Waals surface area contributed by atoms with Crippen LogP contribution in [0, 0.1) is 11.6 Å². The summed E-state index contributed by atoms with van der Waals surface area (Å²) in [5.74, 6) is -1.31. The van der Waals surface area contributed by atoms with E-state index in [4.69, 9.17) is 20.9 Å². The van der Waals surface area contributed by atoms with Gasteiger partial charge in [-0.25, -0.2) is 13.8 Å². The standard InChI is InChI=1S/C18H17F2N3O3/c1-25-10-7-13(19)16(14(20)8-10)11-4-5-26-15-3-2-9(6-12(11)15)17(24)23-18(21)22/h2-4,6-8,17,24H,5H2,1H3,(H4,21,22,23). The Morgan fingerprint density at radius 2 is 1.92 bits per heavy atom. The van der Waals surface area contributed by atoms with Gasteiger partial charge in [-0.15, -0.1) is 0 Å². The van der Waals surface area contributed by atoms with Crippen molar-refractivity contribution >= 4 is 11.5 Å². The summed E-state index contributed by atoms with van der Waals surface area (Å²) in [5, 5.41) is 10.1. The van der Waals surface area contributed by atoms with E-state index in [-0.39, 0.29) is 23.9 Å². The lowest BCUT2D eigenvalue weighted by atomic mass is 9.93. The van der Waals surface area contributed by atoms with E-state index in [1.54, 1.807) is 18.2 Å². The molecule has 1 atom stereocenters. The van der Waals surface area contributed by atoms with Gasteiger partial charge in [-0.3, -0.25) is 0 Å². The fourth-order valence-corrected chi connectivity index (χ4v) is 2.75. The van der Waals surface area contributed by atoms with Gasteiger partial charge >= 0.3 is 0 Å². The molecule has 3 rings (SSSR count). The van der Waals surface area contributed by atoms with Crippen molar-refractivity contribution in [1.82, 2.24) is 0 Å². The third-order valence-electron chi connectivity index (χ3n) is 3.91. The van der Waals surface area contributed by atoms with Crippen LogP contribution in [-0.4, -0.2) is 24.8 Å². The summed E-state index contributed by atoms with van der Waals surface area (Å²) in [7, 11) is 1.33. The highest BCUT2D eigenvalue weighted by molar-refractivity contribution is 5.85. The maximum Gasteiger partial charge on any atom is 0.188 e. The van der Waals surface area contributed by atoms with Crippen LogP contribution in [0.25, 0.3) is 5.57 Å². The van der Waals surface area contributed by atoms with Crippen molar-refractivity contribution < 1.29 is 23.4 Å². The third kappa shape index (κ3) is 3.31. The van der Waals surface area contributed by atoms with Crippen LogP contribution in [0.15, 0.2) is 41.4 Å². The van der Waals surface area contributed by atoms with Gasteiger partial charge in [-0.05, 0) is 23.8 Å². The molecule has 0 aromatic heterocycles. The number of benzene rings is 2. The van der Waals surface area contributed by atoms with Gasteiger partial charge < -0.3 is 26.0 Å². The fourth-order valence-electron chi connectivity index (χ4n) is 2.75. The summed E-state index contributed by atoms with van der Waals surface area (Å²) in [4.78, 5) is 3.65. The van der Waals surface area contributed by atoms with E-state index >= 15 is 0 Å². The first-order valence-corrected chi connectivity index (χ1v) is 7.68. The summed E-state index contributed by atoms with van der Waals surface area (Å²) in [5.41, 5.74) is 11.4. The van der Waals surface area contributed by atoms with E-state index in [0.29, 0.717) is 22.4 Å². The zero-order valence-corrected chi connectivity index (χ0v) is 13.9. The van der Waals surface area contributed by atoms with E-state index in [1.807, 2.05) is 0 Å². The molecule has 0 amide bonds. The van der Waals surface area contributed by atoms with Gasteiger partial charge in [0.1, 0.15) is 29.7 Å². The lowest BCUT2D eigenvalue weighted by molar-refractivity contribution is 0.188. The smallest absolute Gasteiger partial charge is 0.188 e. The fraction of sp³-hybridized carbons (Fsp3) is 0.167. The third-order valence-corrected chi connectivity index (χ3v) is 3.91. The number of nitrogens with two attached hydrogens (primary N) is 2. The van der Waals surface area contributed by atoms with Gasteiger partial charge in [0.05, 0.1) is 12.7 Å². The van der Waals surface area contributed by atoms with Crippen LogP contribution in [-0.2, 0) is 0 Å². The van der Waals surface area contributed by atoms with E-state index in [9.17, 15) is 13.9 Å². The Kier molecular flexibility index (Phi) is 4.77. The molecule has 0 bridgehead atoms. The number of hydrogen-bond acceptors (Lipinski definition) is 4. The monoisotopic (exact) mass is 361 g/mol. The van der Waals surface area contributed by atoms with Crippen LogP contribution in [0.5, 0.6) is 11.5 Å². The molecule has 2 aromatic rings. The first-order valence-electron chi connectivity index (χ1n) is 7.68. The molecule has 5 N–H and O–H groups in total. The van der Waals surface area contributed by atoms with Crippen molar-refractivity contribution in [1.29, 1.82) is 0 Å². The normalized spacial score (nSPS) is 13.9. The first-order chi connectivity index (χ1) is 12.4. The number of aliphatic hydroxyl groups excluding tert-OH is 1. The molecule has 1 unspecified atom stereocenters. The number of rotatable bonds is 4. The zero-order chi connectivity index (χ0) is 18.8. The van der Waals surface area contributed by atoms with Gasteiger partial charge in [0, 0.05) is 23.3 Å². The van der Waals surface area contributed by atoms with Crippen LogP contribution in [0.2, 0.25) is 0 Å². The van der Waals surface area contributed by atoms with Crippen molar-refractivity contribution in [2.75, 3.05) is 13.7 Å². The van der Waals surface area contributed by atoms with Crippen LogP contribution >= 0.6 is 0 Å². The quantitative estimate of drug-likeness (QED) is 0.571. The van der Waals surface area contributed by atoms with Crippen molar-refractivity contribution in [2.24, 2.45) is 16.5 Å². The van der Waals surface area contributed by atoms with Crippen LogP contribution in [0.3, 0.4) is 0 Å². The average molecular weight is 361 g/mol. The van der Waals surface area contributed by atoms with Crippen LogP contribution < -0.4 is 20.9 Å². The number of methoxy groups -OCH3 is 1. The van der Waals surface area contributed by atoms with Gasteiger partial charge in [-0.1, -0.05) is 6.07 Å². The number of guanidine groups is 1. The Labute approximate surface area is 148 Å². The van der Waals surface area contributed by atoms with Gasteiger partial charge in [-0.2, -0.15) is 0 Å². The minimum atomic E-state index is -1.31. The molecule has 1 heterocycles. The molecule has 0 spiro atoms. The Balaban J connectivity index is 2.11. The molecule has 2 aromatic carbocycles. The molecule has 0 radical (unpaired) electrons. The van der Waals surface area contributed by atoms with E-state index in [1.165, 1.54) is 13.2 Å². The minimum Gasteiger partial charge on any atom is -0.497 e. The Hall–Kier alpha value is -3.13. The largest absolute Gasteiger partial charge is 0.497 e. The van der Waals surface area contributed by atoms with Gasteiger partial charge in [0.25, 0.3) is 0 Å². The zero-order valence-electron chi connectivity index (χ0n) is 13.9. The van der Waals surface area contributed by atoms with Gasteiger partial charge in [0.2, 0.25) is 0 Å². The summed E-state index contributed by atoms with van der Waals surface area (Å²) >= 11 is 0. The van der Waals surface area contributed by atoms with Crippen molar-refractivity contribution in [3.05, 3.63) is 64.7 Å². The van der Waals surface area contributed by atoms with Crippen LogP contribution in [0.4, 0.5) is 8.78 Å². The van der Waals surface area contributed by atoms with Gasteiger partial charge in [0.15, 0.2) is 12.2 Å². The summed E-state index contributed by atoms with van der Waals surface area (Å²) in [6, 6.07) is 6.89. The minimum absolute atomic E-state index is 0.0774. The number of hydrogen-bond donors (Lipinski definition) is 3. The number of fused-ring (bicyclic) bond motifs is 1. The summed E-state index contributed by atoms with van der Waals surface area (Å²) in [6.45, 7) is 0.156. The molecule has 0 saturated carbocycles. The highest BCUT2D eigenvalue weighted by atomic mass is 19.1. The molecule has 0 saturated heterocycles. The molecule has 1 aliphatic heterocycles. The first kappa shape index (κ1) is 17.7. The molecule has 136 valence electrons. The molecule has 8 heteroatoms. The van der Waals surface area contributed by atoms with Crippen molar-refractivity contribution in [3.63, 3.8) is 0 Å². The molecule has 6 nitrogen and oxygen atoms in total. The topological polar surface area (TPSA) is 103 Å². The Bertz CT molecular complexity index is 886. The molecule has 1 aliphatic rings. The number of halogens is 2. The molecule has 0 fully saturated rings. The molecule has 0 aliphatic carbocycles. The van der Waals surface area contributed by atoms with Crippen molar-refractivity contribution in [3.8, 4) is 11.5 Å². The summed E-state index contributed by atoms with van der Waals surface area (Å²) < 4.78 is 39.4. The maximum absolute atomic E-state index is 14.5. The average Bonchev–Trinajstić information content (AvgIpc) is 2.60. The SMILES string of the molecule is COc1cc(F)c(C2=CCOc3ccc(C(O)N=C(N)N)cc32)c(F)c1.